The first-order valence-electron chi connectivity index (χ1n) is 7.02. The van der Waals surface area contributed by atoms with Crippen LogP contribution in [0.4, 0.5) is 4.79 Å². The van der Waals surface area contributed by atoms with Crippen LogP contribution < -0.4 is 5.32 Å². The highest BCUT2D eigenvalue weighted by Crippen LogP contribution is 2.30. The molecule has 1 fully saturated rings. The van der Waals surface area contributed by atoms with Crippen molar-refractivity contribution in [1.29, 1.82) is 0 Å². The number of ether oxygens (including phenoxy) is 1. The minimum absolute atomic E-state index is 0.290. The summed E-state index contributed by atoms with van der Waals surface area (Å²) in [5, 5.41) is 1.79. The van der Waals surface area contributed by atoms with Crippen molar-refractivity contribution >= 4 is 35.0 Å². The fourth-order valence-corrected chi connectivity index (χ4v) is 2.97. The fourth-order valence-electron chi connectivity index (χ4n) is 2.31. The molecule has 1 aliphatic rings. The number of furan rings is 1. The van der Waals surface area contributed by atoms with E-state index in [1.165, 1.54) is 13.2 Å². The molecule has 0 saturated carbocycles. The van der Waals surface area contributed by atoms with Crippen LogP contribution in [0.3, 0.4) is 0 Å². The van der Waals surface area contributed by atoms with E-state index in [0.717, 1.165) is 22.9 Å². The van der Waals surface area contributed by atoms with Gasteiger partial charge in [-0.05, 0) is 48.5 Å². The zero-order chi connectivity index (χ0) is 17.3. The Morgan fingerprint density at radius 1 is 1.25 bits per heavy atom. The second kappa shape index (κ2) is 6.37. The summed E-state index contributed by atoms with van der Waals surface area (Å²) in [6.07, 6.45) is 1.52. The third-order valence-electron chi connectivity index (χ3n) is 3.46. The van der Waals surface area contributed by atoms with Gasteiger partial charge in [-0.15, -0.1) is 0 Å². The van der Waals surface area contributed by atoms with E-state index < -0.39 is 17.1 Å². The minimum Gasteiger partial charge on any atom is -0.465 e. The molecule has 1 aromatic carbocycles. The molecule has 0 bridgehead atoms. The van der Waals surface area contributed by atoms with Crippen LogP contribution in [0.1, 0.15) is 21.7 Å². The molecule has 1 aromatic heterocycles. The normalized spacial score (nSPS) is 15.7. The van der Waals surface area contributed by atoms with E-state index in [1.54, 1.807) is 30.3 Å². The van der Waals surface area contributed by atoms with E-state index >= 15 is 0 Å². The van der Waals surface area contributed by atoms with Crippen LogP contribution in [0.2, 0.25) is 0 Å². The molecule has 122 valence electrons. The summed E-state index contributed by atoms with van der Waals surface area (Å²) < 4.78 is 10.4. The summed E-state index contributed by atoms with van der Waals surface area (Å²) in [7, 11) is 1.33. The number of esters is 1. The molecule has 0 unspecified atom stereocenters. The van der Waals surface area contributed by atoms with E-state index in [4.69, 9.17) is 9.15 Å². The number of hydrogen-bond acceptors (Lipinski definition) is 6. The Hall–Kier alpha value is -2.80. The topological polar surface area (TPSA) is 85.6 Å². The molecule has 0 radical (unpaired) electrons. The zero-order valence-electron chi connectivity index (χ0n) is 12.9. The number of aryl methyl sites for hydroxylation is 1. The first-order chi connectivity index (χ1) is 11.5. The van der Waals surface area contributed by atoms with Crippen molar-refractivity contribution in [2.75, 3.05) is 7.11 Å². The van der Waals surface area contributed by atoms with Gasteiger partial charge in [-0.1, -0.05) is 6.07 Å². The average Bonchev–Trinajstić information content (AvgIpc) is 3.13. The summed E-state index contributed by atoms with van der Waals surface area (Å²) >= 11 is 0.835. The summed E-state index contributed by atoms with van der Waals surface area (Å²) in [4.78, 5) is 34.5. The van der Waals surface area contributed by atoms with Crippen LogP contribution in [0.5, 0.6) is 0 Å². The Labute approximate surface area is 141 Å². The lowest BCUT2D eigenvalue weighted by Gasteiger charge is -2.05. The monoisotopic (exact) mass is 343 g/mol. The van der Waals surface area contributed by atoms with Crippen molar-refractivity contribution in [3.63, 3.8) is 0 Å². The van der Waals surface area contributed by atoms with E-state index in [2.05, 4.69) is 5.32 Å². The van der Waals surface area contributed by atoms with Crippen molar-refractivity contribution in [1.82, 2.24) is 5.32 Å². The molecule has 0 spiro atoms. The van der Waals surface area contributed by atoms with Crippen LogP contribution in [-0.4, -0.2) is 24.2 Å². The quantitative estimate of drug-likeness (QED) is 0.679. The predicted molar refractivity (Wildman–Crippen MR) is 89.3 cm³/mol. The number of nitrogens with one attached hydrogen (secondary N) is 1. The highest BCUT2D eigenvalue weighted by atomic mass is 32.2. The van der Waals surface area contributed by atoms with E-state index in [1.807, 2.05) is 6.92 Å². The first kappa shape index (κ1) is 16.1. The van der Waals surface area contributed by atoms with Crippen molar-refractivity contribution < 1.29 is 23.5 Å². The van der Waals surface area contributed by atoms with Gasteiger partial charge in [0.05, 0.1) is 17.6 Å². The summed E-state index contributed by atoms with van der Waals surface area (Å²) in [5.74, 6) is 0.240. The standard InChI is InChI=1S/C17H13NO5S/c1-9-7-10(16(20)22-2)3-5-12(9)13-6-4-11(23-13)8-14-15(19)18-17(21)24-14/h3-8H,1-2H3,(H,18,19,21)/b14-8-. The lowest BCUT2D eigenvalue weighted by molar-refractivity contribution is -0.115. The van der Waals surface area contributed by atoms with Gasteiger partial charge < -0.3 is 9.15 Å². The molecule has 6 nitrogen and oxygen atoms in total. The molecule has 1 N–H and O–H groups in total. The largest absolute Gasteiger partial charge is 0.465 e. The Morgan fingerprint density at radius 3 is 2.67 bits per heavy atom. The summed E-state index contributed by atoms with van der Waals surface area (Å²) in [5.41, 5.74) is 2.15. The summed E-state index contributed by atoms with van der Waals surface area (Å²) in [6.45, 7) is 1.86. The second-order valence-corrected chi connectivity index (χ2v) is 6.09. The Morgan fingerprint density at radius 2 is 2.04 bits per heavy atom. The van der Waals surface area contributed by atoms with Gasteiger partial charge in [-0.3, -0.25) is 14.9 Å². The molecule has 1 aliphatic heterocycles. The zero-order valence-corrected chi connectivity index (χ0v) is 13.7. The Kier molecular flexibility index (Phi) is 4.26. The molecule has 2 amide bonds. The number of thioether (sulfide) groups is 1. The van der Waals surface area contributed by atoms with Crippen molar-refractivity contribution in [3.8, 4) is 11.3 Å². The maximum Gasteiger partial charge on any atom is 0.337 e. The van der Waals surface area contributed by atoms with Gasteiger partial charge in [0.15, 0.2) is 0 Å². The molecular formula is C17H13NO5S. The third kappa shape index (κ3) is 3.11. The fraction of sp³-hybridized carbons (Fsp3) is 0.118. The minimum atomic E-state index is -0.429. The number of rotatable bonds is 3. The number of imide groups is 1. The number of carbonyl (C=O) groups excluding carboxylic acids is 3. The second-order valence-electron chi connectivity index (χ2n) is 5.08. The molecule has 0 atom stereocenters. The SMILES string of the molecule is COC(=O)c1ccc(-c2ccc(/C=C3\SC(=O)NC3=O)o2)c(C)c1. The molecule has 7 heteroatoms. The number of amides is 2. The molecule has 1 saturated heterocycles. The number of benzene rings is 1. The van der Waals surface area contributed by atoms with Gasteiger partial charge in [0, 0.05) is 11.6 Å². The van der Waals surface area contributed by atoms with Gasteiger partial charge in [0.1, 0.15) is 11.5 Å². The van der Waals surface area contributed by atoms with Gasteiger partial charge in [0.2, 0.25) is 0 Å². The van der Waals surface area contributed by atoms with Crippen LogP contribution in [-0.2, 0) is 9.53 Å². The van der Waals surface area contributed by atoms with Crippen LogP contribution in [0.25, 0.3) is 17.4 Å². The highest BCUT2D eigenvalue weighted by molar-refractivity contribution is 8.18. The molecule has 24 heavy (non-hydrogen) atoms. The van der Waals surface area contributed by atoms with Crippen molar-refractivity contribution in [3.05, 3.63) is 52.1 Å². The van der Waals surface area contributed by atoms with E-state index in [0.29, 0.717) is 22.0 Å². The number of carbonyl (C=O) groups is 3. The van der Waals surface area contributed by atoms with Gasteiger partial charge in [0.25, 0.3) is 11.1 Å². The first-order valence-corrected chi connectivity index (χ1v) is 7.83. The van der Waals surface area contributed by atoms with E-state index in [9.17, 15) is 14.4 Å². The Bertz CT molecular complexity index is 881. The lowest BCUT2D eigenvalue weighted by atomic mass is 10.0. The van der Waals surface area contributed by atoms with Crippen molar-refractivity contribution in [2.24, 2.45) is 0 Å². The average molecular weight is 343 g/mol. The molecule has 3 rings (SSSR count). The van der Waals surface area contributed by atoms with Gasteiger partial charge in [-0.25, -0.2) is 4.79 Å². The predicted octanol–water partition coefficient (Wildman–Crippen LogP) is 3.37. The Balaban J connectivity index is 1.88. The van der Waals surface area contributed by atoms with Crippen LogP contribution in [0.15, 0.2) is 39.7 Å². The third-order valence-corrected chi connectivity index (χ3v) is 4.27. The maximum absolute atomic E-state index is 11.5. The van der Waals surface area contributed by atoms with Crippen LogP contribution >= 0.6 is 11.8 Å². The molecule has 0 aliphatic carbocycles. The van der Waals surface area contributed by atoms with Crippen molar-refractivity contribution in [2.45, 2.75) is 6.92 Å². The maximum atomic E-state index is 11.5. The molecular weight excluding hydrogens is 330 g/mol. The number of methoxy groups -OCH3 is 1. The van der Waals surface area contributed by atoms with Crippen LogP contribution in [0, 0.1) is 6.92 Å². The molecule has 2 aromatic rings. The lowest BCUT2D eigenvalue weighted by Crippen LogP contribution is -2.17. The van der Waals surface area contributed by atoms with E-state index in [-0.39, 0.29) is 0 Å². The number of hydrogen-bond donors (Lipinski definition) is 1. The smallest absolute Gasteiger partial charge is 0.337 e. The van der Waals surface area contributed by atoms with Gasteiger partial charge >= 0.3 is 5.97 Å². The summed E-state index contributed by atoms with van der Waals surface area (Å²) in [6, 6.07) is 8.64. The highest BCUT2D eigenvalue weighted by Gasteiger charge is 2.25. The molecule has 2 heterocycles. The van der Waals surface area contributed by atoms with Gasteiger partial charge in [-0.2, -0.15) is 0 Å².